The average Bonchev–Trinajstić information content (AvgIpc) is 3.62. The molecule has 1 fully saturated rings. The third-order valence-corrected chi connectivity index (χ3v) is 9.13. The predicted molar refractivity (Wildman–Crippen MR) is 164 cm³/mol. The largest absolute Gasteiger partial charge is 0.388 e. The van der Waals surface area contributed by atoms with E-state index in [1.165, 1.54) is 15.0 Å². The van der Waals surface area contributed by atoms with Crippen molar-refractivity contribution in [1.29, 1.82) is 0 Å². The van der Waals surface area contributed by atoms with Crippen LogP contribution in [0.1, 0.15) is 23.3 Å². The first kappa shape index (κ1) is 26.7. The minimum absolute atomic E-state index is 0.409. The van der Waals surface area contributed by atoms with E-state index < -0.39 is 6.10 Å². The number of hydrogen-bond acceptors (Lipinski definition) is 7. The first-order valence-corrected chi connectivity index (χ1v) is 15.1. The number of H-pyrrole nitrogens is 1. The molecule has 2 N–H and O–H groups in total. The van der Waals surface area contributed by atoms with Crippen molar-refractivity contribution in [2.45, 2.75) is 16.5 Å². The number of epoxide rings is 1. The van der Waals surface area contributed by atoms with Gasteiger partial charge in [-0.15, -0.1) is 22.7 Å². The molecular weight excluding hydrogens is 549 g/mol. The maximum Gasteiger partial charge on any atom is 0.159 e. The van der Waals surface area contributed by atoms with Crippen LogP contribution in [0.5, 0.6) is 0 Å². The molecule has 0 bridgehead atoms. The number of aliphatic hydroxyl groups is 1. The Morgan fingerprint density at radius 3 is 2.18 bits per heavy atom. The maximum atomic E-state index is 10.1. The first-order chi connectivity index (χ1) is 18.7. The SMILES string of the molecule is OC(CSc1nc2ccccc2s1)c1ccccc1.S=c1[nH]c2ccccc2s1.c1ccc(C2CO2)cc1. The summed E-state index contributed by atoms with van der Waals surface area (Å²) in [6.45, 7) is 0.907. The van der Waals surface area contributed by atoms with Gasteiger partial charge < -0.3 is 14.8 Å². The van der Waals surface area contributed by atoms with E-state index in [0.717, 1.165) is 31.5 Å². The summed E-state index contributed by atoms with van der Waals surface area (Å²) in [5.41, 5.74) is 4.43. The standard InChI is InChI=1S/C15H13NOS2.C8H8O.C7H5NS2/c17-13(11-6-2-1-3-7-11)10-18-15-16-12-8-4-5-9-14(12)19-15;1-2-4-7(5-3-1)8-6-9-8;9-7-8-5-3-1-2-4-6(5)10-7/h1-9,13,17H,10H2;1-5,8H,6H2;1-4H,(H,8,9). The first-order valence-electron chi connectivity index (χ1n) is 12.1. The molecule has 1 aliphatic rings. The molecule has 2 unspecified atom stereocenters. The van der Waals surface area contributed by atoms with Gasteiger partial charge in [-0.25, -0.2) is 4.98 Å². The molecule has 0 amide bonds. The van der Waals surface area contributed by atoms with Crippen LogP contribution in [-0.4, -0.2) is 27.4 Å². The molecule has 2 aromatic heterocycles. The number of aromatic amines is 1. The quantitative estimate of drug-likeness (QED) is 0.122. The Kier molecular flexibility index (Phi) is 9.35. The van der Waals surface area contributed by atoms with Crippen LogP contribution < -0.4 is 0 Å². The number of ether oxygens (including phenoxy) is 1. The molecule has 0 radical (unpaired) electrons. The number of aromatic nitrogens is 2. The van der Waals surface area contributed by atoms with E-state index in [1.54, 1.807) is 34.4 Å². The van der Waals surface area contributed by atoms with E-state index in [9.17, 15) is 5.11 Å². The molecule has 1 saturated heterocycles. The van der Waals surface area contributed by atoms with Crippen LogP contribution in [0.15, 0.2) is 114 Å². The van der Waals surface area contributed by atoms with Gasteiger partial charge in [-0.05, 0) is 47.6 Å². The number of thioether (sulfide) groups is 1. The third kappa shape index (κ3) is 7.60. The van der Waals surface area contributed by atoms with Gasteiger partial charge in [0.15, 0.2) is 8.29 Å². The molecule has 6 aromatic rings. The van der Waals surface area contributed by atoms with Crippen LogP contribution in [-0.2, 0) is 4.74 Å². The Hall–Kier alpha value is -2.85. The molecule has 0 spiro atoms. The summed E-state index contributed by atoms with van der Waals surface area (Å²) in [7, 11) is 0. The van der Waals surface area contributed by atoms with Crippen LogP contribution in [0.3, 0.4) is 0 Å². The van der Waals surface area contributed by atoms with Gasteiger partial charge in [0, 0.05) is 5.75 Å². The van der Waals surface area contributed by atoms with Gasteiger partial charge in [0.2, 0.25) is 0 Å². The predicted octanol–water partition coefficient (Wildman–Crippen LogP) is 8.84. The van der Waals surface area contributed by atoms with Gasteiger partial charge in [0.1, 0.15) is 6.10 Å². The molecule has 0 saturated carbocycles. The third-order valence-electron chi connectivity index (χ3n) is 5.65. The zero-order valence-corrected chi connectivity index (χ0v) is 23.7. The highest BCUT2D eigenvalue weighted by Gasteiger charge is 2.23. The number of rotatable bonds is 5. The Morgan fingerprint density at radius 1 is 0.868 bits per heavy atom. The normalized spacial score (nSPS) is 14.7. The van der Waals surface area contributed by atoms with E-state index in [0.29, 0.717) is 11.9 Å². The van der Waals surface area contributed by atoms with Crippen LogP contribution >= 0.6 is 46.7 Å². The molecule has 7 rings (SSSR count). The average molecular weight is 575 g/mol. The van der Waals surface area contributed by atoms with E-state index in [-0.39, 0.29) is 0 Å². The van der Waals surface area contributed by atoms with Crippen LogP contribution in [0.4, 0.5) is 0 Å². The van der Waals surface area contributed by atoms with E-state index in [1.807, 2.05) is 84.9 Å². The van der Waals surface area contributed by atoms with Crippen LogP contribution in [0.2, 0.25) is 0 Å². The summed E-state index contributed by atoms with van der Waals surface area (Å²) in [6, 6.07) is 36.2. The lowest BCUT2D eigenvalue weighted by Crippen LogP contribution is -1.99. The summed E-state index contributed by atoms with van der Waals surface area (Å²) in [5, 5.41) is 10.1. The second kappa shape index (κ2) is 13.3. The lowest BCUT2D eigenvalue weighted by molar-refractivity contribution is 0.204. The van der Waals surface area contributed by atoms with Crippen molar-refractivity contribution in [3.8, 4) is 0 Å². The lowest BCUT2D eigenvalue weighted by atomic mass is 10.1. The highest BCUT2D eigenvalue weighted by atomic mass is 32.2. The van der Waals surface area contributed by atoms with Crippen molar-refractivity contribution in [3.63, 3.8) is 0 Å². The fourth-order valence-corrected chi connectivity index (χ4v) is 6.81. The molecular formula is C30H26N2O2S4. The van der Waals surface area contributed by atoms with Crippen LogP contribution in [0, 0.1) is 3.95 Å². The lowest BCUT2D eigenvalue weighted by Gasteiger charge is -2.08. The number of aliphatic hydroxyl groups excluding tert-OH is 1. The fraction of sp³-hybridized carbons (Fsp3) is 0.133. The number of nitrogens with zero attached hydrogens (tertiary/aromatic N) is 1. The Bertz CT molecular complexity index is 1560. The topological polar surface area (TPSA) is 61.4 Å². The molecule has 38 heavy (non-hydrogen) atoms. The highest BCUT2D eigenvalue weighted by Crippen LogP contribution is 2.32. The summed E-state index contributed by atoms with van der Waals surface area (Å²) in [4.78, 5) is 7.64. The zero-order valence-electron chi connectivity index (χ0n) is 20.4. The second-order valence-electron chi connectivity index (χ2n) is 8.43. The summed E-state index contributed by atoms with van der Waals surface area (Å²) in [5.74, 6) is 0.629. The summed E-state index contributed by atoms with van der Waals surface area (Å²) >= 11 is 9.87. The van der Waals surface area contributed by atoms with E-state index >= 15 is 0 Å². The number of nitrogens with one attached hydrogen (secondary N) is 1. The molecule has 4 nitrogen and oxygen atoms in total. The molecule has 1 aliphatic heterocycles. The fourth-order valence-electron chi connectivity index (χ4n) is 3.64. The number of para-hydroxylation sites is 2. The van der Waals surface area contributed by atoms with Crippen LogP contribution in [0.25, 0.3) is 20.4 Å². The van der Waals surface area contributed by atoms with Crippen molar-refractivity contribution in [2.75, 3.05) is 12.4 Å². The minimum Gasteiger partial charge on any atom is -0.388 e. The van der Waals surface area contributed by atoms with Crippen molar-refractivity contribution in [1.82, 2.24) is 9.97 Å². The van der Waals surface area contributed by atoms with Gasteiger partial charge in [0.05, 0.1) is 33.1 Å². The molecule has 8 heteroatoms. The van der Waals surface area contributed by atoms with E-state index in [4.69, 9.17) is 17.0 Å². The molecule has 0 aliphatic carbocycles. The number of thiazole rings is 2. The van der Waals surface area contributed by atoms with Gasteiger partial charge in [0.25, 0.3) is 0 Å². The van der Waals surface area contributed by atoms with Gasteiger partial charge >= 0.3 is 0 Å². The number of hydrogen-bond donors (Lipinski definition) is 2. The Labute approximate surface area is 239 Å². The van der Waals surface area contributed by atoms with Gasteiger partial charge in [-0.3, -0.25) is 0 Å². The second-order valence-corrected chi connectivity index (χ2v) is 12.4. The molecule has 4 aromatic carbocycles. The summed E-state index contributed by atoms with van der Waals surface area (Å²) < 4.78 is 9.38. The molecule has 2 atom stereocenters. The Morgan fingerprint density at radius 2 is 1.50 bits per heavy atom. The van der Waals surface area contributed by atoms with E-state index in [2.05, 4.69) is 34.2 Å². The Balaban J connectivity index is 0.000000129. The molecule has 3 heterocycles. The smallest absolute Gasteiger partial charge is 0.159 e. The zero-order chi connectivity index (χ0) is 26.2. The highest BCUT2D eigenvalue weighted by molar-refractivity contribution is 8.01. The van der Waals surface area contributed by atoms with Crippen molar-refractivity contribution < 1.29 is 9.84 Å². The van der Waals surface area contributed by atoms with Crippen molar-refractivity contribution >= 4 is 67.1 Å². The monoisotopic (exact) mass is 574 g/mol. The number of fused-ring (bicyclic) bond motifs is 2. The van der Waals surface area contributed by atoms with Crippen molar-refractivity contribution in [3.05, 3.63) is 124 Å². The van der Waals surface area contributed by atoms with Gasteiger partial charge in [-0.1, -0.05) is 96.7 Å². The van der Waals surface area contributed by atoms with Gasteiger partial charge in [-0.2, -0.15) is 0 Å². The maximum absolute atomic E-state index is 10.1. The summed E-state index contributed by atoms with van der Waals surface area (Å²) in [6.07, 6.45) is -0.0376. The molecule has 192 valence electrons. The number of benzene rings is 4. The minimum atomic E-state index is -0.446. The van der Waals surface area contributed by atoms with Crippen molar-refractivity contribution in [2.24, 2.45) is 0 Å².